The van der Waals surface area contributed by atoms with Gasteiger partial charge in [0.25, 0.3) is 0 Å². The van der Waals surface area contributed by atoms with E-state index in [0.717, 1.165) is 6.08 Å². The van der Waals surface area contributed by atoms with Crippen molar-refractivity contribution < 1.29 is 54.4 Å². The van der Waals surface area contributed by atoms with Crippen LogP contribution < -0.4 is 0 Å². The van der Waals surface area contributed by atoms with Gasteiger partial charge in [-0.25, -0.2) is 4.79 Å². The zero-order valence-electron chi connectivity index (χ0n) is 17.7. The van der Waals surface area contributed by atoms with Crippen LogP contribution in [0.25, 0.3) is 6.08 Å². The number of carbonyl (C=O) groups is 1. The number of carbonyl (C=O) groups excluding carboxylic acids is 1. The molecule has 0 amide bonds. The van der Waals surface area contributed by atoms with Crippen molar-refractivity contribution in [2.45, 2.75) is 36.8 Å². The zero-order chi connectivity index (χ0) is 24.4. The lowest BCUT2D eigenvalue weighted by atomic mass is 9.97. The lowest BCUT2D eigenvalue weighted by molar-refractivity contribution is -0.350. The molecule has 11 nitrogen and oxygen atoms in total. The Morgan fingerprint density at radius 2 is 1.65 bits per heavy atom. The quantitative estimate of drug-likeness (QED) is 0.203. The standard InChI is InChI=1S/C23H24O11/c24-13-4-1-11(7-15(13)26)2-6-19(28)31-10-18-20(29)21(30)22-23(34-18)32-9-17(33-22)12-3-5-14(25)16(27)8-12/h1-8,17-18,20-27,29-30H,9-10H2. The van der Waals surface area contributed by atoms with Gasteiger partial charge in [-0.1, -0.05) is 12.1 Å². The van der Waals surface area contributed by atoms with Crippen molar-refractivity contribution in [2.75, 3.05) is 13.2 Å². The number of ether oxygens (including phenoxy) is 4. The Balaban J connectivity index is 1.33. The van der Waals surface area contributed by atoms with Crippen molar-refractivity contribution in [3.63, 3.8) is 0 Å². The molecule has 0 aromatic heterocycles. The molecule has 0 saturated carbocycles. The second kappa shape index (κ2) is 9.87. The van der Waals surface area contributed by atoms with Gasteiger partial charge >= 0.3 is 5.97 Å². The van der Waals surface area contributed by atoms with E-state index in [1.54, 1.807) is 0 Å². The maximum Gasteiger partial charge on any atom is 0.330 e. The summed E-state index contributed by atoms with van der Waals surface area (Å²) in [6.07, 6.45) is -4.23. The molecule has 2 aromatic rings. The van der Waals surface area contributed by atoms with Gasteiger partial charge in [0.1, 0.15) is 37.1 Å². The van der Waals surface area contributed by atoms with Gasteiger partial charge in [-0.3, -0.25) is 0 Å². The number of aliphatic hydroxyl groups excluding tert-OH is 2. The van der Waals surface area contributed by atoms with Gasteiger partial charge < -0.3 is 49.6 Å². The van der Waals surface area contributed by atoms with Crippen LogP contribution in [0.2, 0.25) is 0 Å². The smallest absolute Gasteiger partial charge is 0.330 e. The number of esters is 1. The molecule has 2 aliphatic heterocycles. The minimum Gasteiger partial charge on any atom is -0.504 e. The molecule has 11 heteroatoms. The predicted molar refractivity (Wildman–Crippen MR) is 114 cm³/mol. The van der Waals surface area contributed by atoms with Crippen molar-refractivity contribution in [3.8, 4) is 23.0 Å². The van der Waals surface area contributed by atoms with Gasteiger partial charge in [0.15, 0.2) is 29.3 Å². The number of benzene rings is 2. The Labute approximate surface area is 193 Å². The highest BCUT2D eigenvalue weighted by Crippen LogP contribution is 2.36. The number of aromatic hydroxyl groups is 4. The molecular formula is C23H24O11. The average molecular weight is 476 g/mol. The van der Waals surface area contributed by atoms with Crippen molar-refractivity contribution in [3.05, 3.63) is 53.6 Å². The summed E-state index contributed by atoms with van der Waals surface area (Å²) < 4.78 is 22.2. The summed E-state index contributed by atoms with van der Waals surface area (Å²) >= 11 is 0. The van der Waals surface area contributed by atoms with Gasteiger partial charge in [-0.05, 0) is 41.5 Å². The summed E-state index contributed by atoms with van der Waals surface area (Å²) in [5, 5.41) is 58.9. The van der Waals surface area contributed by atoms with Gasteiger partial charge in [0, 0.05) is 6.08 Å². The number of aliphatic hydroxyl groups is 2. The van der Waals surface area contributed by atoms with Crippen molar-refractivity contribution in [1.29, 1.82) is 0 Å². The Morgan fingerprint density at radius 1 is 0.941 bits per heavy atom. The number of rotatable bonds is 5. The van der Waals surface area contributed by atoms with E-state index in [-0.39, 0.29) is 36.2 Å². The van der Waals surface area contributed by atoms with Crippen molar-refractivity contribution in [2.24, 2.45) is 0 Å². The van der Waals surface area contributed by atoms with Crippen LogP contribution in [0.15, 0.2) is 42.5 Å². The second-order valence-electron chi connectivity index (χ2n) is 7.91. The van der Waals surface area contributed by atoms with E-state index in [1.807, 2.05) is 0 Å². The minimum absolute atomic E-state index is 0.0168. The van der Waals surface area contributed by atoms with E-state index >= 15 is 0 Å². The highest BCUT2D eigenvalue weighted by atomic mass is 16.7. The fraction of sp³-hybridized carbons (Fsp3) is 0.348. The number of hydrogen-bond acceptors (Lipinski definition) is 11. The normalized spacial score (nSPS) is 29.0. The van der Waals surface area contributed by atoms with Gasteiger partial charge in [-0.2, -0.15) is 0 Å². The first-order chi connectivity index (χ1) is 16.2. The first-order valence-electron chi connectivity index (χ1n) is 10.4. The maximum absolute atomic E-state index is 12.0. The van der Waals surface area contributed by atoms with E-state index in [9.17, 15) is 35.4 Å². The van der Waals surface area contributed by atoms with Gasteiger partial charge in [0.05, 0.1) is 6.61 Å². The van der Waals surface area contributed by atoms with Crippen molar-refractivity contribution in [1.82, 2.24) is 0 Å². The van der Waals surface area contributed by atoms with Crippen LogP contribution in [0.4, 0.5) is 0 Å². The lowest BCUT2D eigenvalue weighted by Crippen LogP contribution is -2.62. The van der Waals surface area contributed by atoms with Crippen LogP contribution in [-0.2, 0) is 23.7 Å². The Bertz CT molecular complexity index is 1070. The zero-order valence-corrected chi connectivity index (χ0v) is 17.7. The summed E-state index contributed by atoms with van der Waals surface area (Å²) in [6, 6.07) is 8.15. The van der Waals surface area contributed by atoms with E-state index < -0.39 is 42.8 Å². The number of hydrogen-bond donors (Lipinski definition) is 6. The molecule has 0 radical (unpaired) electrons. The molecule has 6 N–H and O–H groups in total. The highest BCUT2D eigenvalue weighted by molar-refractivity contribution is 5.87. The molecule has 2 fully saturated rings. The van der Waals surface area contributed by atoms with E-state index in [0.29, 0.717) is 11.1 Å². The number of phenolic OH excluding ortho intramolecular Hbond substituents is 4. The van der Waals surface area contributed by atoms with Crippen LogP contribution >= 0.6 is 0 Å². The van der Waals surface area contributed by atoms with Crippen LogP contribution in [-0.4, -0.2) is 80.5 Å². The minimum atomic E-state index is -1.44. The summed E-state index contributed by atoms with van der Waals surface area (Å²) in [6.45, 7) is -0.354. The molecule has 6 unspecified atom stereocenters. The third-order valence-corrected chi connectivity index (χ3v) is 5.55. The average Bonchev–Trinajstić information content (AvgIpc) is 2.82. The third kappa shape index (κ3) is 5.08. The predicted octanol–water partition coefficient (Wildman–Crippen LogP) is 0.669. The molecule has 0 bridgehead atoms. The van der Waals surface area contributed by atoms with Crippen molar-refractivity contribution >= 4 is 12.0 Å². The molecule has 0 spiro atoms. The largest absolute Gasteiger partial charge is 0.504 e. The van der Waals surface area contributed by atoms with E-state index in [1.165, 1.54) is 42.5 Å². The molecule has 4 rings (SSSR count). The van der Waals surface area contributed by atoms with E-state index in [2.05, 4.69) is 0 Å². The van der Waals surface area contributed by atoms with E-state index in [4.69, 9.17) is 18.9 Å². The van der Waals surface area contributed by atoms with Crippen LogP contribution in [0.1, 0.15) is 17.2 Å². The maximum atomic E-state index is 12.0. The molecular weight excluding hydrogens is 452 g/mol. The molecule has 0 aliphatic carbocycles. The monoisotopic (exact) mass is 476 g/mol. The first-order valence-corrected chi connectivity index (χ1v) is 10.4. The van der Waals surface area contributed by atoms with Crippen LogP contribution in [0, 0.1) is 0 Å². The lowest BCUT2D eigenvalue weighted by Gasteiger charge is -2.46. The van der Waals surface area contributed by atoms with Crippen LogP contribution in [0.3, 0.4) is 0 Å². The second-order valence-corrected chi connectivity index (χ2v) is 7.91. The molecule has 182 valence electrons. The SMILES string of the molecule is O=C(C=Cc1ccc(O)c(O)c1)OCC1OC2OCC(c3ccc(O)c(O)c3)OC2C(O)C1O. The number of phenols is 4. The number of fused-ring (bicyclic) bond motifs is 1. The highest BCUT2D eigenvalue weighted by Gasteiger charge is 2.49. The topological polar surface area (TPSA) is 175 Å². The van der Waals surface area contributed by atoms with Crippen LogP contribution in [0.5, 0.6) is 23.0 Å². The molecule has 2 aromatic carbocycles. The summed E-state index contributed by atoms with van der Waals surface area (Å²) in [7, 11) is 0. The molecule has 2 heterocycles. The molecule has 6 atom stereocenters. The molecule has 2 saturated heterocycles. The van der Waals surface area contributed by atoms with Gasteiger partial charge in [-0.15, -0.1) is 0 Å². The van der Waals surface area contributed by atoms with Gasteiger partial charge in [0.2, 0.25) is 0 Å². The molecule has 34 heavy (non-hydrogen) atoms. The Hall–Kier alpha value is -3.35. The summed E-state index contributed by atoms with van der Waals surface area (Å²) in [4.78, 5) is 12.0. The Morgan fingerprint density at radius 3 is 2.35 bits per heavy atom. The summed E-state index contributed by atoms with van der Waals surface area (Å²) in [5.74, 6) is -2.00. The first kappa shape index (κ1) is 23.8. The fourth-order valence-electron chi connectivity index (χ4n) is 3.67. The Kier molecular flexibility index (Phi) is 6.91. The third-order valence-electron chi connectivity index (χ3n) is 5.55. The summed E-state index contributed by atoms with van der Waals surface area (Å²) in [5.41, 5.74) is 0.948. The molecule has 2 aliphatic rings. The fourth-order valence-corrected chi connectivity index (χ4v) is 3.67.